The first-order valence-corrected chi connectivity index (χ1v) is 11.4. The third kappa shape index (κ3) is 4.49. The van der Waals surface area contributed by atoms with Crippen LogP contribution in [0.5, 0.6) is 0 Å². The molecule has 1 fully saturated rings. The average Bonchev–Trinajstić information content (AvgIpc) is 2.78. The first kappa shape index (κ1) is 24.1. The number of rotatable bonds is 6. The van der Waals surface area contributed by atoms with Crippen molar-refractivity contribution in [1.82, 2.24) is 4.31 Å². The third-order valence-corrected chi connectivity index (χ3v) is 7.26. The number of hydrogen-bond donors (Lipinski definition) is 0. The number of hydrogen-bond acceptors (Lipinski definition) is 3. The summed E-state index contributed by atoms with van der Waals surface area (Å²) in [7, 11) is -4.37. The molecule has 3 rings (SSSR count). The van der Waals surface area contributed by atoms with Crippen LogP contribution in [0.2, 0.25) is 0 Å². The van der Waals surface area contributed by atoms with Crippen molar-refractivity contribution >= 4 is 21.6 Å². The quantitative estimate of drug-likeness (QED) is 0.354. The van der Waals surface area contributed by atoms with E-state index in [9.17, 15) is 35.2 Å². The van der Waals surface area contributed by atoms with Crippen molar-refractivity contribution in [2.45, 2.75) is 43.0 Å². The summed E-state index contributed by atoms with van der Waals surface area (Å²) in [6, 6.07) is 8.29. The van der Waals surface area contributed by atoms with Gasteiger partial charge in [0.2, 0.25) is 21.7 Å². The minimum Gasteiger partial charge on any atom is -0.308 e. The molecular formula is C21H21F5N2O3S. The lowest BCUT2D eigenvalue weighted by molar-refractivity contribution is -0.119. The molecule has 32 heavy (non-hydrogen) atoms. The Balaban J connectivity index is 1.94. The fourth-order valence-electron chi connectivity index (χ4n) is 3.80. The number of carbonyl (C=O) groups excluding carboxylic acids is 1. The number of para-hydroxylation sites is 1. The lowest BCUT2D eigenvalue weighted by Crippen LogP contribution is -2.47. The van der Waals surface area contributed by atoms with Gasteiger partial charge in [-0.05, 0) is 25.0 Å². The van der Waals surface area contributed by atoms with Gasteiger partial charge in [-0.2, -0.15) is 4.31 Å². The molecule has 2 aromatic rings. The van der Waals surface area contributed by atoms with Crippen LogP contribution in [0.4, 0.5) is 27.6 Å². The molecule has 0 heterocycles. The van der Waals surface area contributed by atoms with Gasteiger partial charge in [0.25, 0.3) is 0 Å². The zero-order valence-electron chi connectivity index (χ0n) is 17.1. The zero-order valence-corrected chi connectivity index (χ0v) is 17.9. The monoisotopic (exact) mass is 476 g/mol. The van der Waals surface area contributed by atoms with Crippen LogP contribution in [-0.4, -0.2) is 38.3 Å². The van der Waals surface area contributed by atoms with Crippen molar-refractivity contribution in [2.24, 2.45) is 0 Å². The number of benzene rings is 2. The van der Waals surface area contributed by atoms with Crippen LogP contribution in [0.25, 0.3) is 0 Å². The van der Waals surface area contributed by atoms with Crippen molar-refractivity contribution in [2.75, 3.05) is 18.5 Å². The molecule has 0 bridgehead atoms. The highest BCUT2D eigenvalue weighted by molar-refractivity contribution is 7.89. The summed E-state index contributed by atoms with van der Waals surface area (Å²) in [4.78, 5) is 12.6. The Morgan fingerprint density at radius 1 is 0.875 bits per heavy atom. The van der Waals surface area contributed by atoms with Crippen molar-refractivity contribution in [3.05, 3.63) is 59.4 Å². The highest BCUT2D eigenvalue weighted by Gasteiger charge is 2.37. The zero-order chi connectivity index (χ0) is 23.6. The molecule has 2 aromatic carbocycles. The molecule has 0 aliphatic heterocycles. The molecule has 174 valence electrons. The maximum atomic E-state index is 14.1. The summed E-state index contributed by atoms with van der Waals surface area (Å²) in [5.74, 6) is -12.9. The van der Waals surface area contributed by atoms with E-state index in [4.69, 9.17) is 0 Å². The number of sulfonamides is 1. The minimum atomic E-state index is -5.21. The Labute approximate surface area is 182 Å². The first-order valence-electron chi connectivity index (χ1n) is 9.92. The molecule has 0 atom stereocenters. The highest BCUT2D eigenvalue weighted by Crippen LogP contribution is 2.30. The minimum absolute atomic E-state index is 0.205. The van der Waals surface area contributed by atoms with Gasteiger partial charge in [-0.25, -0.2) is 30.4 Å². The standard InChI is InChI=1S/C21H21F5N2O3S/c1-27(32(30,31)21-19(25)17(23)16(22)18(24)20(21)26)12-15(29)28(13-8-4-2-5-9-13)14-10-6-3-7-11-14/h2,4-5,8-9,14H,3,6-7,10-12H2,1H3. The van der Waals surface area contributed by atoms with E-state index in [0.29, 0.717) is 18.5 Å². The summed E-state index contributed by atoms with van der Waals surface area (Å²) in [5, 5.41) is 0. The number of nitrogens with zero attached hydrogens (tertiary/aromatic N) is 2. The molecule has 0 aromatic heterocycles. The summed E-state index contributed by atoms with van der Waals surface area (Å²) >= 11 is 0. The van der Waals surface area contributed by atoms with E-state index in [2.05, 4.69) is 0 Å². The molecule has 0 radical (unpaired) electrons. The molecule has 0 spiro atoms. The molecule has 0 unspecified atom stereocenters. The molecule has 5 nitrogen and oxygen atoms in total. The Bertz CT molecular complexity index is 1080. The molecule has 1 saturated carbocycles. The van der Waals surface area contributed by atoms with Crippen molar-refractivity contribution < 1.29 is 35.2 Å². The molecule has 0 saturated heterocycles. The van der Waals surface area contributed by atoms with Crippen LogP contribution < -0.4 is 4.90 Å². The molecule has 1 aliphatic carbocycles. The maximum Gasteiger partial charge on any atom is 0.249 e. The lowest BCUT2D eigenvalue weighted by Gasteiger charge is -2.35. The summed E-state index contributed by atoms with van der Waals surface area (Å²) in [6.45, 7) is -0.854. The Morgan fingerprint density at radius 3 is 1.91 bits per heavy atom. The van der Waals surface area contributed by atoms with Crippen molar-refractivity contribution in [3.8, 4) is 0 Å². The van der Waals surface area contributed by atoms with E-state index < -0.39 is 56.5 Å². The van der Waals surface area contributed by atoms with E-state index in [1.807, 2.05) is 0 Å². The second kappa shape index (κ2) is 9.53. The van der Waals surface area contributed by atoms with Crippen LogP contribution in [0, 0.1) is 29.1 Å². The number of likely N-dealkylation sites (N-methyl/N-ethyl adjacent to an activating group) is 1. The second-order valence-electron chi connectivity index (χ2n) is 7.55. The smallest absolute Gasteiger partial charge is 0.249 e. The highest BCUT2D eigenvalue weighted by atomic mass is 32.2. The van der Waals surface area contributed by atoms with Gasteiger partial charge in [-0.1, -0.05) is 37.5 Å². The molecule has 0 N–H and O–H groups in total. The third-order valence-electron chi connectivity index (χ3n) is 5.44. The predicted octanol–water partition coefficient (Wildman–Crippen LogP) is 4.37. The van der Waals surface area contributed by atoms with Gasteiger partial charge < -0.3 is 4.90 Å². The van der Waals surface area contributed by atoms with E-state index in [1.54, 1.807) is 30.3 Å². The number of carbonyl (C=O) groups is 1. The van der Waals surface area contributed by atoms with Gasteiger partial charge in [0.05, 0.1) is 6.54 Å². The fraction of sp³-hybridized carbons (Fsp3) is 0.381. The van der Waals surface area contributed by atoms with Crippen LogP contribution in [0.1, 0.15) is 32.1 Å². The molecule has 1 amide bonds. The Morgan fingerprint density at radius 2 is 1.38 bits per heavy atom. The van der Waals surface area contributed by atoms with Gasteiger partial charge in [0.15, 0.2) is 28.2 Å². The van der Waals surface area contributed by atoms with Gasteiger partial charge in [0.1, 0.15) is 0 Å². The van der Waals surface area contributed by atoms with Crippen LogP contribution in [0.3, 0.4) is 0 Å². The molecule has 11 heteroatoms. The van der Waals surface area contributed by atoms with Gasteiger partial charge >= 0.3 is 0 Å². The summed E-state index contributed by atoms with van der Waals surface area (Å²) in [5.41, 5.74) is 0.520. The lowest BCUT2D eigenvalue weighted by atomic mass is 9.93. The topological polar surface area (TPSA) is 57.7 Å². The Hall–Kier alpha value is -2.53. The number of anilines is 1. The van der Waals surface area contributed by atoms with Crippen molar-refractivity contribution in [1.29, 1.82) is 0 Å². The SMILES string of the molecule is CN(CC(=O)N(c1ccccc1)C1CCCCC1)S(=O)(=O)c1c(F)c(F)c(F)c(F)c1F. The second-order valence-corrected chi connectivity index (χ2v) is 9.53. The van der Waals surface area contributed by atoms with Crippen LogP contribution >= 0.6 is 0 Å². The largest absolute Gasteiger partial charge is 0.308 e. The molecule has 1 aliphatic rings. The van der Waals surface area contributed by atoms with Crippen molar-refractivity contribution in [3.63, 3.8) is 0 Å². The van der Waals surface area contributed by atoms with E-state index in [-0.39, 0.29) is 10.3 Å². The molecular weight excluding hydrogens is 455 g/mol. The average molecular weight is 476 g/mol. The predicted molar refractivity (Wildman–Crippen MR) is 107 cm³/mol. The number of halogens is 5. The van der Waals surface area contributed by atoms with Crippen LogP contribution in [0.15, 0.2) is 35.2 Å². The van der Waals surface area contributed by atoms with Gasteiger partial charge in [-0.15, -0.1) is 0 Å². The summed E-state index contributed by atoms with van der Waals surface area (Å²) < 4.78 is 94.2. The van der Waals surface area contributed by atoms with E-state index >= 15 is 0 Å². The normalized spacial score (nSPS) is 15.2. The van der Waals surface area contributed by atoms with Gasteiger partial charge in [0, 0.05) is 18.8 Å². The summed E-state index contributed by atoms with van der Waals surface area (Å²) in [6.07, 6.45) is 4.13. The van der Waals surface area contributed by atoms with Crippen LogP contribution in [-0.2, 0) is 14.8 Å². The van der Waals surface area contributed by atoms with E-state index in [0.717, 1.165) is 26.3 Å². The number of amides is 1. The maximum absolute atomic E-state index is 14.1. The van der Waals surface area contributed by atoms with Gasteiger partial charge in [-0.3, -0.25) is 4.79 Å². The first-order chi connectivity index (χ1) is 15.1. The van der Waals surface area contributed by atoms with E-state index in [1.165, 1.54) is 4.90 Å². The Kier molecular flexibility index (Phi) is 7.19. The fourth-order valence-corrected chi connectivity index (χ4v) is 5.03.